The summed E-state index contributed by atoms with van der Waals surface area (Å²) in [5, 5.41) is 12.5. The van der Waals surface area contributed by atoms with Crippen molar-refractivity contribution in [2.75, 3.05) is 5.32 Å². The van der Waals surface area contributed by atoms with Gasteiger partial charge in [-0.3, -0.25) is 5.32 Å². The van der Waals surface area contributed by atoms with Gasteiger partial charge >= 0.3 is 6.09 Å². The van der Waals surface area contributed by atoms with Gasteiger partial charge in [-0.05, 0) is 58.4 Å². The van der Waals surface area contributed by atoms with Gasteiger partial charge < -0.3 is 9.47 Å². The van der Waals surface area contributed by atoms with Crippen LogP contribution in [0.25, 0.3) is 21.3 Å². The van der Waals surface area contributed by atoms with E-state index in [9.17, 15) is 4.79 Å². The highest BCUT2D eigenvalue weighted by atomic mass is 32.1. The van der Waals surface area contributed by atoms with E-state index in [2.05, 4.69) is 20.5 Å². The van der Waals surface area contributed by atoms with E-state index in [1.54, 1.807) is 6.20 Å². The molecular weight excluding hydrogens is 388 g/mol. The second-order valence-electron chi connectivity index (χ2n) is 8.48. The second-order valence-corrected chi connectivity index (χ2v) is 9.51. The average Bonchev–Trinajstić information content (AvgIpc) is 3.15. The van der Waals surface area contributed by atoms with Crippen LogP contribution in [-0.4, -0.2) is 38.6 Å². The summed E-state index contributed by atoms with van der Waals surface area (Å²) in [4.78, 5) is 17.7. The van der Waals surface area contributed by atoms with E-state index in [1.165, 1.54) is 11.3 Å². The molecule has 0 spiro atoms. The third-order valence-electron chi connectivity index (χ3n) is 4.95. The van der Waals surface area contributed by atoms with Crippen molar-refractivity contribution in [1.29, 1.82) is 0 Å². The Hall–Kier alpha value is -2.58. The summed E-state index contributed by atoms with van der Waals surface area (Å²) in [7, 11) is 0. The van der Waals surface area contributed by atoms with Gasteiger partial charge in [0.15, 0.2) is 5.13 Å². The first-order valence-corrected chi connectivity index (χ1v) is 10.3. The molecule has 152 valence electrons. The van der Waals surface area contributed by atoms with Crippen molar-refractivity contribution in [3.63, 3.8) is 0 Å². The summed E-state index contributed by atoms with van der Waals surface area (Å²) in [6, 6.07) is 7.95. The van der Waals surface area contributed by atoms with Gasteiger partial charge in [-0.2, -0.15) is 10.2 Å². The minimum Gasteiger partial charge on any atom is -0.443 e. The number of nitrogens with zero attached hydrogens (tertiary/aromatic N) is 3. The van der Waals surface area contributed by atoms with Gasteiger partial charge in [0.25, 0.3) is 0 Å². The molecule has 1 unspecified atom stereocenters. The predicted molar refractivity (Wildman–Crippen MR) is 113 cm³/mol. The molecular formula is C21H24N4O3S. The SMILES string of the molecule is Cc1cc2cc(-c3cnc(NC(=O)OC4CC(C)(C)OC4(C)C)s3)ccc2nn1. The molecule has 1 fully saturated rings. The van der Waals surface area contributed by atoms with Crippen molar-refractivity contribution >= 4 is 33.5 Å². The molecule has 0 saturated carbocycles. The molecule has 7 nitrogen and oxygen atoms in total. The van der Waals surface area contributed by atoms with Gasteiger partial charge in [-0.25, -0.2) is 9.78 Å². The molecule has 4 rings (SSSR count). The maximum atomic E-state index is 12.4. The Kier molecular flexibility index (Phi) is 4.78. The van der Waals surface area contributed by atoms with Crippen LogP contribution in [0.1, 0.15) is 39.8 Å². The first-order chi connectivity index (χ1) is 13.6. The van der Waals surface area contributed by atoms with E-state index in [0.717, 1.165) is 27.0 Å². The van der Waals surface area contributed by atoms with Crippen molar-refractivity contribution in [3.8, 4) is 10.4 Å². The molecule has 1 aromatic carbocycles. The minimum absolute atomic E-state index is 0.318. The standard InChI is InChI=1S/C21H24N4O3S/c1-12-8-14-9-13(6-7-15(14)25-24-12)16-11-22-18(29-16)23-19(26)27-17-10-20(2,3)28-21(17,4)5/h6-9,11,17H,10H2,1-5H3,(H,22,23,26). The molecule has 1 saturated heterocycles. The Labute approximate surface area is 173 Å². The summed E-state index contributed by atoms with van der Waals surface area (Å²) < 4.78 is 11.6. The van der Waals surface area contributed by atoms with Crippen molar-refractivity contribution in [1.82, 2.24) is 15.2 Å². The fourth-order valence-electron chi connectivity index (χ4n) is 3.71. The highest BCUT2D eigenvalue weighted by Gasteiger charge is 2.48. The number of hydrogen-bond acceptors (Lipinski definition) is 7. The molecule has 1 amide bonds. The Morgan fingerprint density at radius 1 is 1.24 bits per heavy atom. The van der Waals surface area contributed by atoms with Crippen LogP contribution in [0.5, 0.6) is 0 Å². The molecule has 29 heavy (non-hydrogen) atoms. The lowest BCUT2D eigenvalue weighted by molar-refractivity contribution is -0.0893. The van der Waals surface area contributed by atoms with Crippen LogP contribution in [0.3, 0.4) is 0 Å². The molecule has 8 heteroatoms. The van der Waals surface area contributed by atoms with Crippen LogP contribution < -0.4 is 5.32 Å². The summed E-state index contributed by atoms with van der Waals surface area (Å²) in [6.45, 7) is 9.79. The number of aromatic nitrogens is 3. The van der Waals surface area contributed by atoms with E-state index in [4.69, 9.17) is 9.47 Å². The van der Waals surface area contributed by atoms with Crippen molar-refractivity contribution in [2.45, 2.75) is 58.3 Å². The maximum Gasteiger partial charge on any atom is 0.413 e. The lowest BCUT2D eigenvalue weighted by Crippen LogP contribution is -2.37. The van der Waals surface area contributed by atoms with Crippen LogP contribution in [-0.2, 0) is 9.47 Å². The predicted octanol–water partition coefficient (Wildman–Crippen LogP) is 4.96. The van der Waals surface area contributed by atoms with E-state index in [1.807, 2.05) is 58.9 Å². The molecule has 0 radical (unpaired) electrons. The molecule has 2 aromatic heterocycles. The van der Waals surface area contributed by atoms with E-state index in [0.29, 0.717) is 11.6 Å². The maximum absolute atomic E-state index is 12.4. The topological polar surface area (TPSA) is 86.2 Å². The fourth-order valence-corrected chi connectivity index (χ4v) is 4.51. The Morgan fingerprint density at radius 3 is 2.76 bits per heavy atom. The molecule has 1 aliphatic heterocycles. The van der Waals surface area contributed by atoms with Crippen molar-refractivity contribution in [3.05, 3.63) is 36.2 Å². The number of carbonyl (C=O) groups excluding carboxylic acids is 1. The molecule has 3 aromatic rings. The monoisotopic (exact) mass is 412 g/mol. The lowest BCUT2D eigenvalue weighted by atomic mass is 9.97. The zero-order valence-corrected chi connectivity index (χ0v) is 18.0. The number of thiazole rings is 1. The van der Waals surface area contributed by atoms with Gasteiger partial charge in [-0.1, -0.05) is 17.4 Å². The Balaban J connectivity index is 1.46. The Morgan fingerprint density at radius 2 is 2.03 bits per heavy atom. The number of ether oxygens (including phenoxy) is 2. The molecule has 0 bridgehead atoms. The van der Waals surface area contributed by atoms with Crippen LogP contribution in [0.15, 0.2) is 30.5 Å². The van der Waals surface area contributed by atoms with E-state index in [-0.39, 0.29) is 11.7 Å². The number of rotatable bonds is 3. The van der Waals surface area contributed by atoms with Gasteiger partial charge in [0.1, 0.15) is 11.7 Å². The zero-order chi connectivity index (χ0) is 20.8. The lowest BCUT2D eigenvalue weighted by Gasteiger charge is -2.26. The first-order valence-electron chi connectivity index (χ1n) is 9.49. The van der Waals surface area contributed by atoms with Crippen LogP contribution in [0.4, 0.5) is 9.93 Å². The molecule has 1 atom stereocenters. The molecule has 1 N–H and O–H groups in total. The molecule has 1 aliphatic rings. The third-order valence-corrected chi connectivity index (χ3v) is 5.91. The number of amides is 1. The van der Waals surface area contributed by atoms with Crippen molar-refractivity contribution in [2.24, 2.45) is 0 Å². The largest absolute Gasteiger partial charge is 0.443 e. The normalized spacial score (nSPS) is 20.0. The van der Waals surface area contributed by atoms with Crippen LogP contribution >= 0.6 is 11.3 Å². The summed E-state index contributed by atoms with van der Waals surface area (Å²) in [5.41, 5.74) is 1.87. The van der Waals surface area contributed by atoms with Crippen molar-refractivity contribution < 1.29 is 14.3 Å². The number of nitrogens with one attached hydrogen (secondary N) is 1. The zero-order valence-electron chi connectivity index (χ0n) is 17.1. The highest BCUT2D eigenvalue weighted by molar-refractivity contribution is 7.19. The summed E-state index contributed by atoms with van der Waals surface area (Å²) >= 11 is 1.39. The summed E-state index contributed by atoms with van der Waals surface area (Å²) in [5.74, 6) is 0. The number of aryl methyl sites for hydroxylation is 1. The van der Waals surface area contributed by atoms with E-state index >= 15 is 0 Å². The highest BCUT2D eigenvalue weighted by Crippen LogP contribution is 2.39. The number of anilines is 1. The third kappa shape index (κ3) is 4.23. The second kappa shape index (κ2) is 7.03. The Bertz CT molecular complexity index is 1080. The van der Waals surface area contributed by atoms with Gasteiger partial charge in [0.05, 0.1) is 21.7 Å². The first kappa shape index (κ1) is 19.7. The van der Waals surface area contributed by atoms with E-state index < -0.39 is 11.7 Å². The number of hydrogen-bond donors (Lipinski definition) is 1. The molecule has 3 heterocycles. The number of benzene rings is 1. The number of fused-ring (bicyclic) bond motifs is 1. The molecule has 0 aliphatic carbocycles. The van der Waals surface area contributed by atoms with Gasteiger partial charge in [0, 0.05) is 18.0 Å². The average molecular weight is 413 g/mol. The minimum atomic E-state index is -0.527. The van der Waals surface area contributed by atoms with Gasteiger partial charge in [0.2, 0.25) is 0 Å². The fraction of sp³-hybridized carbons (Fsp3) is 0.429. The van der Waals surface area contributed by atoms with Crippen LogP contribution in [0, 0.1) is 6.92 Å². The van der Waals surface area contributed by atoms with Crippen LogP contribution in [0.2, 0.25) is 0 Å². The smallest absolute Gasteiger partial charge is 0.413 e. The quantitative estimate of drug-likeness (QED) is 0.655. The van der Waals surface area contributed by atoms with Gasteiger partial charge in [-0.15, -0.1) is 0 Å². The summed E-state index contributed by atoms with van der Waals surface area (Å²) in [6.07, 6.45) is 1.56. The number of carbonyl (C=O) groups is 1.